The molecule has 0 radical (unpaired) electrons. The van der Waals surface area contributed by atoms with Gasteiger partial charge in [0.25, 0.3) is 0 Å². The van der Waals surface area contributed by atoms with Crippen LogP contribution in [0.15, 0.2) is 6.07 Å². The van der Waals surface area contributed by atoms with E-state index < -0.39 is 9.84 Å². The second kappa shape index (κ2) is 6.24. The smallest absolute Gasteiger partial charge is 0.150 e. The van der Waals surface area contributed by atoms with Gasteiger partial charge in [-0.05, 0) is 38.3 Å². The first-order valence-corrected chi connectivity index (χ1v) is 7.94. The summed E-state index contributed by atoms with van der Waals surface area (Å²) in [6.45, 7) is 5.39. The van der Waals surface area contributed by atoms with E-state index in [9.17, 15) is 8.42 Å². The summed E-state index contributed by atoms with van der Waals surface area (Å²) in [6, 6.07) is 1.74. The number of rotatable bonds is 6. The number of sulfone groups is 1. The maximum Gasteiger partial charge on any atom is 0.150 e. The van der Waals surface area contributed by atoms with Gasteiger partial charge in [-0.1, -0.05) is 6.92 Å². The zero-order valence-corrected chi connectivity index (χ0v) is 12.0. The van der Waals surface area contributed by atoms with E-state index in [0.29, 0.717) is 12.8 Å². The molecule has 1 aromatic heterocycles. The van der Waals surface area contributed by atoms with Crippen molar-refractivity contribution in [2.24, 2.45) is 5.73 Å². The van der Waals surface area contributed by atoms with Crippen molar-refractivity contribution in [3.05, 3.63) is 23.0 Å². The fourth-order valence-electron chi connectivity index (χ4n) is 1.77. The van der Waals surface area contributed by atoms with Crippen molar-refractivity contribution < 1.29 is 8.42 Å². The van der Waals surface area contributed by atoms with Crippen LogP contribution in [0.25, 0.3) is 0 Å². The first-order valence-electron chi connectivity index (χ1n) is 6.12. The van der Waals surface area contributed by atoms with Crippen LogP contribution in [-0.2, 0) is 9.84 Å². The molecule has 102 valence electrons. The molecule has 1 heterocycles. The Kier molecular flexibility index (Phi) is 5.22. The standard InChI is InChI=1S/C12H21N3O2S/c1-4-18(16,17)7-5-6-12(13)11-8-9(2)14-15-10(11)3/h8,12H,4-7,13H2,1-3H3. The predicted molar refractivity (Wildman–Crippen MR) is 72.0 cm³/mol. The molecule has 0 fully saturated rings. The average molecular weight is 271 g/mol. The van der Waals surface area contributed by atoms with Gasteiger partial charge < -0.3 is 5.73 Å². The summed E-state index contributed by atoms with van der Waals surface area (Å²) < 4.78 is 22.8. The minimum Gasteiger partial charge on any atom is -0.324 e. The molecule has 5 nitrogen and oxygen atoms in total. The van der Waals surface area contributed by atoms with Gasteiger partial charge in [0.1, 0.15) is 9.84 Å². The number of aromatic nitrogens is 2. The second-order valence-electron chi connectivity index (χ2n) is 4.51. The summed E-state index contributed by atoms with van der Waals surface area (Å²) in [7, 11) is -2.90. The van der Waals surface area contributed by atoms with Crippen LogP contribution in [0.4, 0.5) is 0 Å². The SMILES string of the molecule is CCS(=O)(=O)CCCC(N)c1cc(C)nnc1C. The number of aryl methyl sites for hydroxylation is 2. The number of nitrogens with two attached hydrogens (primary N) is 1. The molecule has 18 heavy (non-hydrogen) atoms. The lowest BCUT2D eigenvalue weighted by Crippen LogP contribution is -2.16. The highest BCUT2D eigenvalue weighted by Crippen LogP contribution is 2.19. The second-order valence-corrected chi connectivity index (χ2v) is 6.98. The number of hydrogen-bond acceptors (Lipinski definition) is 5. The highest BCUT2D eigenvalue weighted by Gasteiger charge is 2.13. The Morgan fingerprint density at radius 2 is 2.00 bits per heavy atom. The van der Waals surface area contributed by atoms with Gasteiger partial charge in [-0.2, -0.15) is 10.2 Å². The fourth-order valence-corrected chi connectivity index (χ4v) is 2.66. The van der Waals surface area contributed by atoms with E-state index in [4.69, 9.17) is 5.73 Å². The van der Waals surface area contributed by atoms with Gasteiger partial charge in [-0.3, -0.25) is 0 Å². The molecule has 6 heteroatoms. The summed E-state index contributed by atoms with van der Waals surface area (Å²) in [5, 5.41) is 7.98. The van der Waals surface area contributed by atoms with Crippen LogP contribution in [0.1, 0.15) is 42.8 Å². The molecule has 1 unspecified atom stereocenters. The van der Waals surface area contributed by atoms with Crippen LogP contribution < -0.4 is 5.73 Å². The molecule has 0 aliphatic rings. The van der Waals surface area contributed by atoms with Crippen molar-refractivity contribution in [3.8, 4) is 0 Å². The van der Waals surface area contributed by atoms with Gasteiger partial charge in [-0.25, -0.2) is 8.42 Å². The van der Waals surface area contributed by atoms with Crippen molar-refractivity contribution in [2.75, 3.05) is 11.5 Å². The van der Waals surface area contributed by atoms with Gasteiger partial charge in [0.2, 0.25) is 0 Å². The molecule has 1 aromatic rings. The molecular formula is C12H21N3O2S. The third kappa shape index (κ3) is 4.34. The first-order chi connectivity index (χ1) is 8.35. The van der Waals surface area contributed by atoms with Crippen LogP contribution in [0.3, 0.4) is 0 Å². The van der Waals surface area contributed by atoms with E-state index >= 15 is 0 Å². The van der Waals surface area contributed by atoms with Gasteiger partial charge in [0.05, 0.1) is 17.1 Å². The summed E-state index contributed by atoms with van der Waals surface area (Å²) in [6.07, 6.45) is 1.23. The maximum atomic E-state index is 11.4. The summed E-state index contributed by atoms with van der Waals surface area (Å²) in [5.74, 6) is 0.394. The molecule has 0 aromatic carbocycles. The molecule has 1 atom stereocenters. The molecule has 0 aliphatic carbocycles. The summed E-state index contributed by atoms with van der Waals surface area (Å²) in [5.41, 5.74) is 8.67. The zero-order valence-electron chi connectivity index (χ0n) is 11.2. The van der Waals surface area contributed by atoms with Crippen LogP contribution in [0.5, 0.6) is 0 Å². The van der Waals surface area contributed by atoms with Crippen molar-refractivity contribution in [1.29, 1.82) is 0 Å². The number of hydrogen-bond donors (Lipinski definition) is 1. The van der Waals surface area contributed by atoms with Gasteiger partial charge in [0, 0.05) is 11.8 Å². The van der Waals surface area contributed by atoms with E-state index in [1.807, 2.05) is 19.9 Å². The Morgan fingerprint density at radius 1 is 1.33 bits per heavy atom. The highest BCUT2D eigenvalue weighted by molar-refractivity contribution is 7.91. The lowest BCUT2D eigenvalue weighted by molar-refractivity contribution is 0.582. The summed E-state index contributed by atoms with van der Waals surface area (Å²) >= 11 is 0. The van der Waals surface area contributed by atoms with Crippen LogP contribution in [-0.4, -0.2) is 30.1 Å². The lowest BCUT2D eigenvalue weighted by Gasteiger charge is -2.14. The van der Waals surface area contributed by atoms with Gasteiger partial charge in [0.15, 0.2) is 0 Å². The molecule has 0 amide bonds. The number of nitrogens with zero attached hydrogens (tertiary/aromatic N) is 2. The monoisotopic (exact) mass is 271 g/mol. The van der Waals surface area contributed by atoms with Crippen molar-refractivity contribution in [3.63, 3.8) is 0 Å². The Labute approximate surface area is 109 Å². The molecule has 0 saturated heterocycles. The third-order valence-corrected chi connectivity index (χ3v) is 4.74. The van der Waals surface area contributed by atoms with Crippen LogP contribution in [0.2, 0.25) is 0 Å². The largest absolute Gasteiger partial charge is 0.324 e. The first kappa shape index (κ1) is 15.0. The topological polar surface area (TPSA) is 85.9 Å². The Morgan fingerprint density at radius 3 is 2.61 bits per heavy atom. The highest BCUT2D eigenvalue weighted by atomic mass is 32.2. The van der Waals surface area contributed by atoms with Crippen LogP contribution >= 0.6 is 0 Å². The van der Waals surface area contributed by atoms with E-state index in [1.165, 1.54) is 0 Å². The molecule has 0 bridgehead atoms. The van der Waals surface area contributed by atoms with Gasteiger partial charge in [-0.15, -0.1) is 0 Å². The van der Waals surface area contributed by atoms with Crippen molar-refractivity contribution >= 4 is 9.84 Å². The van der Waals surface area contributed by atoms with Crippen LogP contribution in [0, 0.1) is 13.8 Å². The average Bonchev–Trinajstić information content (AvgIpc) is 2.32. The van der Waals surface area contributed by atoms with Gasteiger partial charge >= 0.3 is 0 Å². The zero-order chi connectivity index (χ0) is 13.8. The molecule has 0 spiro atoms. The van der Waals surface area contributed by atoms with E-state index in [-0.39, 0.29) is 17.5 Å². The molecule has 2 N–H and O–H groups in total. The molecular weight excluding hydrogens is 250 g/mol. The Bertz CT molecular complexity index is 500. The summed E-state index contributed by atoms with van der Waals surface area (Å²) in [4.78, 5) is 0. The minimum atomic E-state index is -2.90. The van der Waals surface area contributed by atoms with E-state index in [2.05, 4.69) is 10.2 Å². The fraction of sp³-hybridized carbons (Fsp3) is 0.667. The minimum absolute atomic E-state index is 0.175. The van der Waals surface area contributed by atoms with Crippen molar-refractivity contribution in [1.82, 2.24) is 10.2 Å². The van der Waals surface area contributed by atoms with E-state index in [1.54, 1.807) is 6.92 Å². The third-order valence-electron chi connectivity index (χ3n) is 2.95. The molecule has 0 aliphatic heterocycles. The quantitative estimate of drug-likeness (QED) is 0.843. The maximum absolute atomic E-state index is 11.4. The molecule has 0 saturated carbocycles. The van der Waals surface area contributed by atoms with E-state index in [0.717, 1.165) is 17.0 Å². The Balaban J connectivity index is 2.61. The normalized spacial score (nSPS) is 13.6. The predicted octanol–water partition coefficient (Wildman–Crippen LogP) is 1.31. The Hall–Kier alpha value is -1.01. The molecule has 1 rings (SSSR count). The lowest BCUT2D eigenvalue weighted by atomic mass is 10.0. The van der Waals surface area contributed by atoms with Crippen molar-refractivity contribution in [2.45, 2.75) is 39.7 Å².